The third kappa shape index (κ3) is 3.72. The highest BCUT2D eigenvalue weighted by Crippen LogP contribution is 2.16. The molecule has 0 aliphatic rings. The molecule has 1 aromatic heterocycles. The molecule has 0 saturated heterocycles. The third-order valence-electron chi connectivity index (χ3n) is 2.20. The number of nitrogens with one attached hydrogen (secondary N) is 2. The third-order valence-corrected chi connectivity index (χ3v) is 2.70. The van der Waals surface area contributed by atoms with Gasteiger partial charge in [-0.25, -0.2) is 4.39 Å². The molecule has 0 fully saturated rings. The second-order valence-electron chi connectivity index (χ2n) is 3.73. The van der Waals surface area contributed by atoms with Crippen molar-refractivity contribution in [3.8, 4) is 0 Å². The average Bonchev–Trinajstić information content (AvgIpc) is 2.76. The van der Waals surface area contributed by atoms with Crippen LogP contribution in [0.5, 0.6) is 0 Å². The maximum atomic E-state index is 13.4. The van der Waals surface area contributed by atoms with Gasteiger partial charge in [-0.15, -0.1) is 5.10 Å². The molecular weight excluding hydrogens is 315 g/mol. The first-order valence-electron chi connectivity index (χ1n) is 5.38. The summed E-state index contributed by atoms with van der Waals surface area (Å²) >= 11 is 3.23. The Morgan fingerprint density at radius 1 is 1.53 bits per heavy atom. The minimum Gasteiger partial charge on any atom is -0.290 e. The molecule has 0 atom stereocenters. The minimum absolute atomic E-state index is 0.182. The van der Waals surface area contributed by atoms with Crippen molar-refractivity contribution < 1.29 is 9.18 Å². The van der Waals surface area contributed by atoms with E-state index in [2.05, 4.69) is 36.4 Å². The second-order valence-corrected chi connectivity index (χ2v) is 4.65. The molecule has 0 radical (unpaired) electrons. The Balaban J connectivity index is 2.05. The fourth-order valence-electron chi connectivity index (χ4n) is 1.36. The van der Waals surface area contributed by atoms with Gasteiger partial charge in [0.1, 0.15) is 11.6 Å². The molecule has 2 aromatic rings. The van der Waals surface area contributed by atoms with Crippen molar-refractivity contribution in [2.75, 3.05) is 5.32 Å². The Morgan fingerprint density at radius 3 is 3.00 bits per heavy atom. The lowest BCUT2D eigenvalue weighted by molar-refractivity contribution is -0.111. The Hall–Kier alpha value is -2.02. The number of aromatic amines is 1. The lowest BCUT2D eigenvalue weighted by atomic mass is 10.2. The summed E-state index contributed by atoms with van der Waals surface area (Å²) in [5, 5.41) is 8.81. The highest BCUT2D eigenvalue weighted by atomic mass is 79.9. The predicted octanol–water partition coefficient (Wildman–Crippen LogP) is 2.67. The Bertz CT molecular complexity index is 638. The average molecular weight is 325 g/mol. The number of aryl methyl sites for hydroxylation is 1. The summed E-state index contributed by atoms with van der Waals surface area (Å²) in [5.74, 6) is -0.0569. The molecule has 0 saturated carbocycles. The topological polar surface area (TPSA) is 70.7 Å². The van der Waals surface area contributed by atoms with Crippen molar-refractivity contribution in [2.45, 2.75) is 6.92 Å². The number of nitrogens with zero attached hydrogens (tertiary/aromatic N) is 2. The summed E-state index contributed by atoms with van der Waals surface area (Å²) in [5.41, 5.74) is 0.315. The fourth-order valence-corrected chi connectivity index (χ4v) is 1.74. The van der Waals surface area contributed by atoms with Gasteiger partial charge in [-0.2, -0.15) is 4.98 Å². The first-order valence-corrected chi connectivity index (χ1v) is 6.17. The predicted molar refractivity (Wildman–Crippen MR) is 72.9 cm³/mol. The van der Waals surface area contributed by atoms with Crippen LogP contribution in [0, 0.1) is 12.7 Å². The van der Waals surface area contributed by atoms with Crippen molar-refractivity contribution in [1.29, 1.82) is 0 Å². The molecule has 7 heteroatoms. The van der Waals surface area contributed by atoms with Crippen LogP contribution in [0.25, 0.3) is 6.08 Å². The van der Waals surface area contributed by atoms with Gasteiger partial charge in [0.05, 0.1) is 0 Å². The van der Waals surface area contributed by atoms with E-state index >= 15 is 0 Å². The largest absolute Gasteiger partial charge is 0.290 e. The first kappa shape index (κ1) is 13.4. The van der Waals surface area contributed by atoms with Crippen LogP contribution in [0.2, 0.25) is 0 Å². The van der Waals surface area contributed by atoms with Crippen molar-refractivity contribution >= 4 is 33.9 Å². The number of H-pyrrole nitrogens is 1. The van der Waals surface area contributed by atoms with E-state index in [9.17, 15) is 9.18 Å². The molecule has 0 aliphatic carbocycles. The van der Waals surface area contributed by atoms with Crippen LogP contribution >= 0.6 is 15.9 Å². The number of rotatable bonds is 3. The van der Waals surface area contributed by atoms with Crippen molar-refractivity contribution in [1.82, 2.24) is 15.2 Å². The maximum Gasteiger partial charge on any atom is 0.250 e. The van der Waals surface area contributed by atoms with E-state index in [-0.39, 0.29) is 5.95 Å². The van der Waals surface area contributed by atoms with Crippen LogP contribution in [0.3, 0.4) is 0 Å². The lowest BCUT2D eigenvalue weighted by Crippen LogP contribution is -2.09. The number of halogens is 2. The fraction of sp³-hybridized carbons (Fsp3) is 0.0833. The highest BCUT2D eigenvalue weighted by molar-refractivity contribution is 9.10. The minimum atomic E-state index is -0.432. The molecule has 98 valence electrons. The zero-order valence-corrected chi connectivity index (χ0v) is 11.5. The summed E-state index contributed by atoms with van der Waals surface area (Å²) < 4.78 is 14.2. The molecule has 1 heterocycles. The van der Waals surface area contributed by atoms with Crippen LogP contribution < -0.4 is 5.32 Å². The van der Waals surface area contributed by atoms with Gasteiger partial charge in [0.2, 0.25) is 5.95 Å². The van der Waals surface area contributed by atoms with Gasteiger partial charge >= 0.3 is 0 Å². The SMILES string of the molecule is Cc1nc(NC(=O)/C=C/c2cc(Br)ccc2F)n[nH]1. The summed E-state index contributed by atoms with van der Waals surface area (Å²) in [6.07, 6.45) is 2.60. The second kappa shape index (κ2) is 5.75. The molecule has 19 heavy (non-hydrogen) atoms. The number of anilines is 1. The monoisotopic (exact) mass is 324 g/mol. The molecule has 0 spiro atoms. The molecule has 0 bridgehead atoms. The van der Waals surface area contributed by atoms with Crippen LogP contribution in [-0.2, 0) is 4.79 Å². The van der Waals surface area contributed by atoms with E-state index in [4.69, 9.17) is 0 Å². The molecule has 2 rings (SSSR count). The van der Waals surface area contributed by atoms with Crippen molar-refractivity contribution in [2.24, 2.45) is 0 Å². The number of carbonyl (C=O) groups excluding carboxylic acids is 1. The standard InChI is InChI=1S/C12H10BrFN4O/c1-7-15-12(18-17-7)16-11(19)5-2-8-6-9(13)3-4-10(8)14/h2-6H,1H3,(H2,15,16,17,18,19)/b5-2+. The van der Waals surface area contributed by atoms with Crippen molar-refractivity contribution in [3.63, 3.8) is 0 Å². The van der Waals surface area contributed by atoms with E-state index in [1.165, 1.54) is 18.2 Å². The number of hydrogen-bond donors (Lipinski definition) is 2. The molecule has 0 unspecified atom stereocenters. The summed E-state index contributed by atoms with van der Waals surface area (Å²) in [6, 6.07) is 4.49. The van der Waals surface area contributed by atoms with E-state index in [0.717, 1.165) is 4.47 Å². The molecule has 2 N–H and O–H groups in total. The highest BCUT2D eigenvalue weighted by Gasteiger charge is 2.04. The summed E-state index contributed by atoms with van der Waals surface area (Å²) in [6.45, 7) is 1.72. The normalized spacial score (nSPS) is 10.9. The van der Waals surface area contributed by atoms with Gasteiger partial charge in [0.15, 0.2) is 0 Å². The van der Waals surface area contributed by atoms with E-state index in [0.29, 0.717) is 11.4 Å². The van der Waals surface area contributed by atoms with E-state index < -0.39 is 11.7 Å². The van der Waals surface area contributed by atoms with Gasteiger partial charge in [0.25, 0.3) is 5.91 Å². The summed E-state index contributed by atoms with van der Waals surface area (Å²) in [4.78, 5) is 15.5. The quantitative estimate of drug-likeness (QED) is 0.853. The smallest absolute Gasteiger partial charge is 0.250 e. The summed E-state index contributed by atoms with van der Waals surface area (Å²) in [7, 11) is 0. The molecule has 1 amide bonds. The van der Waals surface area contributed by atoms with Crippen LogP contribution in [0.1, 0.15) is 11.4 Å². The molecule has 0 aliphatic heterocycles. The van der Waals surface area contributed by atoms with Gasteiger partial charge in [-0.05, 0) is 31.2 Å². The first-order chi connectivity index (χ1) is 9.04. The van der Waals surface area contributed by atoms with Crippen LogP contribution in [-0.4, -0.2) is 21.1 Å². The Kier molecular flexibility index (Phi) is 4.06. The van der Waals surface area contributed by atoms with Gasteiger partial charge in [-0.3, -0.25) is 15.2 Å². The number of carbonyl (C=O) groups is 1. The van der Waals surface area contributed by atoms with Gasteiger partial charge in [0, 0.05) is 16.1 Å². The zero-order chi connectivity index (χ0) is 13.8. The van der Waals surface area contributed by atoms with Gasteiger partial charge in [-0.1, -0.05) is 15.9 Å². The molecule has 1 aromatic carbocycles. The van der Waals surface area contributed by atoms with Gasteiger partial charge < -0.3 is 0 Å². The number of benzene rings is 1. The Morgan fingerprint density at radius 2 is 2.32 bits per heavy atom. The van der Waals surface area contributed by atoms with Crippen LogP contribution in [0.15, 0.2) is 28.7 Å². The van der Waals surface area contributed by atoms with E-state index in [1.54, 1.807) is 19.1 Å². The lowest BCUT2D eigenvalue weighted by Gasteiger charge is -1.98. The Labute approximate surface area is 117 Å². The zero-order valence-electron chi connectivity index (χ0n) is 9.95. The van der Waals surface area contributed by atoms with Crippen LogP contribution in [0.4, 0.5) is 10.3 Å². The number of aromatic nitrogens is 3. The van der Waals surface area contributed by atoms with Crippen molar-refractivity contribution in [3.05, 3.63) is 46.0 Å². The van der Waals surface area contributed by atoms with E-state index in [1.807, 2.05) is 0 Å². The molecule has 5 nitrogen and oxygen atoms in total. The number of hydrogen-bond acceptors (Lipinski definition) is 3. The maximum absolute atomic E-state index is 13.4. The number of amides is 1. The molecular formula is C12H10BrFN4O.